The number of carbonyl (C=O) groups is 1. The van der Waals surface area contributed by atoms with Gasteiger partial charge in [0.15, 0.2) is 0 Å². The number of benzene rings is 1. The van der Waals surface area contributed by atoms with Crippen molar-refractivity contribution in [1.82, 2.24) is 4.98 Å². The lowest BCUT2D eigenvalue weighted by molar-refractivity contribution is 0.0527. The van der Waals surface area contributed by atoms with Gasteiger partial charge in [0.05, 0.1) is 30.6 Å². The van der Waals surface area contributed by atoms with Crippen LogP contribution in [0, 0.1) is 5.41 Å². The van der Waals surface area contributed by atoms with Crippen molar-refractivity contribution in [3.63, 3.8) is 0 Å². The number of nitrogens with zero attached hydrogens (tertiary/aromatic N) is 3. The van der Waals surface area contributed by atoms with Crippen molar-refractivity contribution in [2.24, 2.45) is 5.41 Å². The molecular weight excluding hydrogens is 518 g/mol. The summed E-state index contributed by atoms with van der Waals surface area (Å²) < 4.78 is 9.07. The van der Waals surface area contributed by atoms with Crippen LogP contribution >= 0.6 is 23.7 Å². The maximum atomic E-state index is 13.7. The van der Waals surface area contributed by atoms with E-state index in [2.05, 4.69) is 39.1 Å². The number of nitrogens with one attached hydrogen (secondary N) is 2. The Morgan fingerprint density at radius 1 is 1.18 bits per heavy atom. The van der Waals surface area contributed by atoms with Crippen LogP contribution in [0.15, 0.2) is 35.2 Å². The Hall–Kier alpha value is -2.14. The Morgan fingerprint density at radius 2 is 1.97 bits per heavy atom. The number of amides is 1. The molecule has 1 aliphatic carbocycles. The molecule has 3 N–H and O–H groups in total. The quantitative estimate of drug-likeness (QED) is 0.288. The molecule has 206 valence electrons. The van der Waals surface area contributed by atoms with Crippen molar-refractivity contribution < 1.29 is 14.6 Å². The predicted molar refractivity (Wildman–Crippen MR) is 159 cm³/mol. The zero-order valence-electron chi connectivity index (χ0n) is 22.5. The number of carbonyl (C=O) groups excluding carboxylic acids is 1. The van der Waals surface area contributed by atoms with E-state index in [0.29, 0.717) is 23.4 Å². The fraction of sp³-hybridized carbons (Fsp3) is 0.571. The van der Waals surface area contributed by atoms with Crippen molar-refractivity contribution in [2.75, 3.05) is 65.5 Å². The predicted octanol–water partition coefficient (Wildman–Crippen LogP) is 5.10. The summed E-state index contributed by atoms with van der Waals surface area (Å²) >= 11 is 3.15. The summed E-state index contributed by atoms with van der Waals surface area (Å²) in [5, 5.41) is 12.6. The topological polar surface area (TPSA) is 90.0 Å². The van der Waals surface area contributed by atoms with Crippen LogP contribution in [0.1, 0.15) is 49.9 Å². The smallest absolute Gasteiger partial charge is 0.258 e. The van der Waals surface area contributed by atoms with Gasteiger partial charge in [-0.25, -0.2) is 4.98 Å². The van der Waals surface area contributed by atoms with Crippen LogP contribution < -0.4 is 19.8 Å². The first-order valence-corrected chi connectivity index (χ1v) is 15.6. The van der Waals surface area contributed by atoms with E-state index in [-0.39, 0.29) is 23.9 Å². The molecule has 0 unspecified atom stereocenters. The van der Waals surface area contributed by atoms with Gasteiger partial charge in [0.25, 0.3) is 5.91 Å². The van der Waals surface area contributed by atoms with E-state index in [9.17, 15) is 9.90 Å². The van der Waals surface area contributed by atoms with E-state index in [1.807, 2.05) is 31.2 Å². The number of pyridine rings is 1. The van der Waals surface area contributed by atoms with Gasteiger partial charge < -0.3 is 29.7 Å². The fourth-order valence-corrected chi connectivity index (χ4v) is 6.34. The molecule has 1 spiro atoms. The maximum Gasteiger partial charge on any atom is 0.258 e. The van der Waals surface area contributed by atoms with Crippen LogP contribution in [-0.2, 0) is 4.74 Å². The molecule has 38 heavy (non-hydrogen) atoms. The minimum Gasteiger partial charge on any atom is -0.395 e. The summed E-state index contributed by atoms with van der Waals surface area (Å²) in [5.41, 5.74) is 3.08. The zero-order valence-corrected chi connectivity index (χ0v) is 24.2. The largest absolute Gasteiger partial charge is 0.395 e. The lowest BCUT2D eigenvalue weighted by atomic mass is 9.93. The molecular formula is C28H39N5O3S2. The Kier molecular flexibility index (Phi) is 8.62. The summed E-state index contributed by atoms with van der Waals surface area (Å²) in [4.78, 5) is 24.2. The lowest BCUT2D eigenvalue weighted by Crippen LogP contribution is -2.41. The van der Waals surface area contributed by atoms with Crippen LogP contribution in [0.4, 0.5) is 23.0 Å². The Bertz CT molecular complexity index is 1140. The highest BCUT2D eigenvalue weighted by atomic mass is 32.2. The molecule has 3 heterocycles. The number of thioether (sulfide) groups is 1. The molecule has 0 bridgehead atoms. The minimum atomic E-state index is -0.152. The molecule has 1 aromatic carbocycles. The van der Waals surface area contributed by atoms with Gasteiger partial charge in [-0.2, -0.15) is 0 Å². The van der Waals surface area contributed by atoms with E-state index in [0.717, 1.165) is 48.3 Å². The number of rotatable bonds is 9. The van der Waals surface area contributed by atoms with Gasteiger partial charge in [0, 0.05) is 42.0 Å². The van der Waals surface area contributed by atoms with Crippen molar-refractivity contribution in [2.45, 2.75) is 55.8 Å². The number of aliphatic hydroxyl groups is 1. The number of aromatic nitrogens is 1. The highest BCUT2D eigenvalue weighted by Gasteiger charge is 2.44. The summed E-state index contributed by atoms with van der Waals surface area (Å²) in [6, 6.07) is 9.83. The van der Waals surface area contributed by atoms with Crippen molar-refractivity contribution in [3.05, 3.63) is 35.9 Å². The summed E-state index contributed by atoms with van der Waals surface area (Å²) in [6.07, 6.45) is 7.24. The van der Waals surface area contributed by atoms with Crippen LogP contribution in [0.25, 0.3) is 0 Å². The standard InChI is InChI=1S/C28H39N5O3S2/c1-19-17-33(14-15-36-19)26-24(37-3)6-7-25(29-26)30-27(35)22-5-4-21(31-38-20(2)18-34)16-23(22)32-12-10-28(8-9-28)11-13-32/h4-7,16,19-20,31,34H,8-15,17-18H2,1-3H3,(H,29,30,35)/t19-,20-/m1/s1. The van der Waals surface area contributed by atoms with Crippen molar-refractivity contribution >= 4 is 52.6 Å². The summed E-state index contributed by atoms with van der Waals surface area (Å²) in [6.45, 7) is 8.31. The first-order chi connectivity index (χ1) is 18.4. The number of hydrogen-bond donors (Lipinski definition) is 3. The second-order valence-corrected chi connectivity index (χ2v) is 12.8. The average molecular weight is 558 g/mol. The molecule has 0 radical (unpaired) electrons. The van der Waals surface area contributed by atoms with Crippen LogP contribution in [0.3, 0.4) is 0 Å². The SMILES string of the molecule is CSc1ccc(NC(=O)c2ccc(NS[C@H](C)CO)cc2N2CCC3(CC2)CC3)nc1N1CCO[C@H](C)C1. The molecule has 1 aromatic heterocycles. The normalized spacial score (nSPS) is 21.3. The van der Waals surface area contributed by atoms with Crippen LogP contribution in [0.2, 0.25) is 0 Å². The molecule has 10 heteroatoms. The number of piperidine rings is 1. The molecule has 3 aliphatic rings. The first kappa shape index (κ1) is 27.4. The number of morpholine rings is 1. The molecule has 1 amide bonds. The molecule has 5 rings (SSSR count). The summed E-state index contributed by atoms with van der Waals surface area (Å²) in [7, 11) is 0. The minimum absolute atomic E-state index is 0.0742. The first-order valence-electron chi connectivity index (χ1n) is 13.5. The van der Waals surface area contributed by atoms with Gasteiger partial charge in [-0.05, 0) is 93.5 Å². The number of hydrogen-bond acceptors (Lipinski definition) is 9. The molecule has 1 saturated carbocycles. The van der Waals surface area contributed by atoms with E-state index in [4.69, 9.17) is 9.72 Å². The van der Waals surface area contributed by atoms with Crippen LogP contribution in [0.5, 0.6) is 0 Å². The second kappa shape index (κ2) is 11.9. The number of anilines is 4. The van der Waals surface area contributed by atoms with Gasteiger partial charge >= 0.3 is 0 Å². The van der Waals surface area contributed by atoms with Gasteiger partial charge in [-0.3, -0.25) is 4.79 Å². The molecule has 2 aromatic rings. The Morgan fingerprint density at radius 3 is 2.66 bits per heavy atom. The van der Waals surface area contributed by atoms with E-state index in [1.165, 1.54) is 37.6 Å². The molecule has 3 fully saturated rings. The average Bonchev–Trinajstić information content (AvgIpc) is 3.70. The molecule has 2 atom stereocenters. The monoisotopic (exact) mass is 557 g/mol. The third-order valence-corrected chi connectivity index (χ3v) is 9.50. The third kappa shape index (κ3) is 6.35. The summed E-state index contributed by atoms with van der Waals surface area (Å²) in [5.74, 6) is 1.30. The Labute approximate surface area is 234 Å². The highest BCUT2D eigenvalue weighted by Crippen LogP contribution is 2.54. The number of aliphatic hydroxyl groups excluding tert-OH is 1. The van der Waals surface area contributed by atoms with Gasteiger partial charge in [0.1, 0.15) is 11.6 Å². The second-order valence-electron chi connectivity index (χ2n) is 10.7. The van der Waals surface area contributed by atoms with Gasteiger partial charge in [-0.1, -0.05) is 0 Å². The zero-order chi connectivity index (χ0) is 26.7. The maximum absolute atomic E-state index is 13.7. The van der Waals surface area contributed by atoms with Crippen molar-refractivity contribution in [3.8, 4) is 0 Å². The number of ether oxygens (including phenoxy) is 1. The third-order valence-electron chi connectivity index (χ3n) is 7.84. The Balaban J connectivity index is 1.37. The van der Waals surface area contributed by atoms with Gasteiger partial charge in [0.2, 0.25) is 0 Å². The lowest BCUT2D eigenvalue weighted by Gasteiger charge is -2.35. The van der Waals surface area contributed by atoms with Gasteiger partial charge in [-0.15, -0.1) is 11.8 Å². The van der Waals surface area contributed by atoms with E-state index in [1.54, 1.807) is 11.8 Å². The molecule has 2 saturated heterocycles. The van der Waals surface area contributed by atoms with Crippen molar-refractivity contribution in [1.29, 1.82) is 0 Å². The van der Waals surface area contributed by atoms with E-state index < -0.39 is 0 Å². The van der Waals surface area contributed by atoms with E-state index >= 15 is 0 Å². The molecule has 2 aliphatic heterocycles. The highest BCUT2D eigenvalue weighted by molar-refractivity contribution is 8.01. The molecule has 8 nitrogen and oxygen atoms in total. The fourth-order valence-electron chi connectivity index (χ4n) is 5.24. The van der Waals surface area contributed by atoms with Crippen LogP contribution in [-0.4, -0.2) is 73.0 Å².